The molecule has 0 saturated carbocycles. The molecule has 1 aliphatic heterocycles. The van der Waals surface area contributed by atoms with Crippen molar-refractivity contribution in [2.75, 3.05) is 17.6 Å². The Labute approximate surface area is 100 Å². The van der Waals surface area contributed by atoms with Gasteiger partial charge in [0.2, 0.25) is 0 Å². The number of anilines is 1. The van der Waals surface area contributed by atoms with E-state index in [1.165, 1.54) is 18.6 Å². The summed E-state index contributed by atoms with van der Waals surface area (Å²) < 4.78 is 0.355. The van der Waals surface area contributed by atoms with E-state index in [0.29, 0.717) is 10.4 Å². The molecule has 1 aromatic rings. The molecule has 4 heteroatoms. The predicted octanol–water partition coefficient (Wildman–Crippen LogP) is 2.65. The van der Waals surface area contributed by atoms with Crippen molar-refractivity contribution in [1.29, 1.82) is 5.26 Å². The third-order valence-electron chi connectivity index (χ3n) is 2.84. The van der Waals surface area contributed by atoms with Gasteiger partial charge in [0, 0.05) is 11.3 Å². The number of nitrogens with one attached hydrogen (secondary N) is 1. The summed E-state index contributed by atoms with van der Waals surface area (Å²) in [5.41, 5.74) is 1.46. The summed E-state index contributed by atoms with van der Waals surface area (Å²) in [6, 6.07) is 5.67. The van der Waals surface area contributed by atoms with Crippen LogP contribution in [0.4, 0.5) is 5.69 Å². The molecule has 1 N–H and O–H groups in total. The number of nitrogens with zero attached hydrogens (tertiary/aromatic N) is 2. The van der Waals surface area contributed by atoms with Crippen LogP contribution in [0.1, 0.15) is 25.5 Å². The Hall–Kier alpha value is -1.21. The highest BCUT2D eigenvalue weighted by Crippen LogP contribution is 2.37. The highest BCUT2D eigenvalue weighted by atomic mass is 32.2. The molecule has 0 spiro atoms. The molecule has 0 amide bonds. The summed E-state index contributed by atoms with van der Waals surface area (Å²) in [5, 5.41) is 12.0. The molecule has 1 fully saturated rings. The van der Waals surface area contributed by atoms with Gasteiger partial charge < -0.3 is 5.32 Å². The Morgan fingerprint density at radius 1 is 1.62 bits per heavy atom. The quantitative estimate of drug-likeness (QED) is 0.872. The molecule has 1 atom stereocenters. The first-order valence-electron chi connectivity index (χ1n) is 5.46. The van der Waals surface area contributed by atoms with E-state index in [0.717, 1.165) is 12.2 Å². The van der Waals surface area contributed by atoms with Crippen molar-refractivity contribution in [2.24, 2.45) is 0 Å². The lowest BCUT2D eigenvalue weighted by molar-refractivity contribution is 0.634. The van der Waals surface area contributed by atoms with E-state index in [1.807, 2.05) is 23.9 Å². The standard InChI is InChI=1S/C12H15N3S/c1-12(5-2-6-16-12)9-15-11-4-3-10(7-13)14-8-11/h3-4,8,15H,2,5-6,9H2,1H3. The predicted molar refractivity (Wildman–Crippen MR) is 67.5 cm³/mol. The number of hydrogen-bond donors (Lipinski definition) is 1. The zero-order chi connectivity index (χ0) is 11.4. The van der Waals surface area contributed by atoms with Crippen LogP contribution in [0.2, 0.25) is 0 Å². The molecule has 0 bridgehead atoms. The maximum absolute atomic E-state index is 8.64. The van der Waals surface area contributed by atoms with Gasteiger partial charge in [-0.1, -0.05) is 0 Å². The van der Waals surface area contributed by atoms with Gasteiger partial charge in [-0.25, -0.2) is 4.98 Å². The van der Waals surface area contributed by atoms with Gasteiger partial charge in [0.05, 0.1) is 11.9 Å². The second kappa shape index (κ2) is 4.75. The van der Waals surface area contributed by atoms with Crippen LogP contribution in [0, 0.1) is 11.3 Å². The summed E-state index contributed by atoms with van der Waals surface area (Å²) in [6.45, 7) is 3.26. The summed E-state index contributed by atoms with van der Waals surface area (Å²) in [5.74, 6) is 1.27. The second-order valence-electron chi connectivity index (χ2n) is 4.30. The van der Waals surface area contributed by atoms with Crippen LogP contribution < -0.4 is 5.32 Å². The van der Waals surface area contributed by atoms with Crippen molar-refractivity contribution in [3.8, 4) is 6.07 Å². The lowest BCUT2D eigenvalue weighted by atomic mass is 10.1. The fourth-order valence-electron chi connectivity index (χ4n) is 1.83. The van der Waals surface area contributed by atoms with Crippen molar-refractivity contribution in [1.82, 2.24) is 4.98 Å². The minimum atomic E-state index is 0.355. The van der Waals surface area contributed by atoms with Crippen LogP contribution >= 0.6 is 11.8 Å². The summed E-state index contributed by atoms with van der Waals surface area (Å²) >= 11 is 2.04. The van der Waals surface area contributed by atoms with Crippen LogP contribution in [-0.2, 0) is 0 Å². The van der Waals surface area contributed by atoms with Crippen LogP contribution in [0.25, 0.3) is 0 Å². The Balaban J connectivity index is 1.92. The average Bonchev–Trinajstić information content (AvgIpc) is 2.75. The van der Waals surface area contributed by atoms with Crippen LogP contribution in [0.15, 0.2) is 18.3 Å². The number of nitriles is 1. The fourth-order valence-corrected chi connectivity index (χ4v) is 3.07. The van der Waals surface area contributed by atoms with E-state index >= 15 is 0 Å². The third kappa shape index (κ3) is 2.67. The zero-order valence-corrected chi connectivity index (χ0v) is 10.2. The topological polar surface area (TPSA) is 48.7 Å². The molecule has 0 aliphatic carbocycles. The van der Waals surface area contributed by atoms with Gasteiger partial charge in [-0.05, 0) is 37.7 Å². The highest BCUT2D eigenvalue weighted by Gasteiger charge is 2.28. The van der Waals surface area contributed by atoms with Gasteiger partial charge in [-0.15, -0.1) is 0 Å². The monoisotopic (exact) mass is 233 g/mol. The normalized spacial score (nSPS) is 24.0. The second-order valence-corrected chi connectivity index (χ2v) is 5.98. The van der Waals surface area contributed by atoms with Crippen LogP contribution in [0.3, 0.4) is 0 Å². The maximum Gasteiger partial charge on any atom is 0.140 e. The molecule has 1 aromatic heterocycles. The molecular formula is C12H15N3S. The van der Waals surface area contributed by atoms with Gasteiger partial charge in [0.1, 0.15) is 11.8 Å². The number of thioether (sulfide) groups is 1. The smallest absolute Gasteiger partial charge is 0.140 e. The van der Waals surface area contributed by atoms with Gasteiger partial charge in [-0.3, -0.25) is 0 Å². The van der Waals surface area contributed by atoms with E-state index in [-0.39, 0.29) is 0 Å². The molecular weight excluding hydrogens is 218 g/mol. The van der Waals surface area contributed by atoms with Gasteiger partial charge in [-0.2, -0.15) is 17.0 Å². The fraction of sp³-hybridized carbons (Fsp3) is 0.500. The van der Waals surface area contributed by atoms with Crippen molar-refractivity contribution < 1.29 is 0 Å². The first-order valence-corrected chi connectivity index (χ1v) is 6.44. The van der Waals surface area contributed by atoms with Crippen LogP contribution in [0.5, 0.6) is 0 Å². The van der Waals surface area contributed by atoms with Gasteiger partial charge in [0.25, 0.3) is 0 Å². The SMILES string of the molecule is CC1(CNc2ccc(C#N)nc2)CCCS1. The molecule has 1 unspecified atom stereocenters. The summed E-state index contributed by atoms with van der Waals surface area (Å²) in [6.07, 6.45) is 4.31. The Kier molecular flexibility index (Phi) is 3.35. The number of aromatic nitrogens is 1. The van der Waals surface area contributed by atoms with E-state index in [1.54, 1.807) is 12.3 Å². The van der Waals surface area contributed by atoms with E-state index in [9.17, 15) is 0 Å². The number of rotatable bonds is 3. The Morgan fingerprint density at radius 3 is 3.06 bits per heavy atom. The number of pyridine rings is 1. The van der Waals surface area contributed by atoms with E-state index < -0.39 is 0 Å². The maximum atomic E-state index is 8.64. The van der Waals surface area contributed by atoms with Crippen molar-refractivity contribution in [2.45, 2.75) is 24.5 Å². The molecule has 0 radical (unpaired) electrons. The molecule has 84 valence electrons. The lowest BCUT2D eigenvalue weighted by Gasteiger charge is -2.23. The van der Waals surface area contributed by atoms with E-state index in [4.69, 9.17) is 5.26 Å². The lowest BCUT2D eigenvalue weighted by Crippen LogP contribution is -2.27. The largest absolute Gasteiger partial charge is 0.382 e. The first-order chi connectivity index (χ1) is 7.72. The van der Waals surface area contributed by atoms with Gasteiger partial charge >= 0.3 is 0 Å². The summed E-state index contributed by atoms with van der Waals surface area (Å²) in [7, 11) is 0. The Morgan fingerprint density at radius 2 is 2.50 bits per heavy atom. The molecule has 2 heterocycles. The minimum Gasteiger partial charge on any atom is -0.382 e. The Bertz CT molecular complexity index is 388. The van der Waals surface area contributed by atoms with Crippen LogP contribution in [-0.4, -0.2) is 22.0 Å². The van der Waals surface area contributed by atoms with Gasteiger partial charge in [0.15, 0.2) is 0 Å². The van der Waals surface area contributed by atoms with E-state index in [2.05, 4.69) is 17.2 Å². The molecule has 16 heavy (non-hydrogen) atoms. The number of hydrogen-bond acceptors (Lipinski definition) is 4. The van der Waals surface area contributed by atoms with Crippen molar-refractivity contribution >= 4 is 17.4 Å². The molecule has 3 nitrogen and oxygen atoms in total. The molecule has 1 aliphatic rings. The van der Waals surface area contributed by atoms with Crippen molar-refractivity contribution in [3.63, 3.8) is 0 Å². The highest BCUT2D eigenvalue weighted by molar-refractivity contribution is 8.00. The average molecular weight is 233 g/mol. The first kappa shape index (κ1) is 11.3. The molecule has 0 aromatic carbocycles. The zero-order valence-electron chi connectivity index (χ0n) is 9.36. The molecule has 2 rings (SSSR count). The minimum absolute atomic E-state index is 0.355. The summed E-state index contributed by atoms with van der Waals surface area (Å²) in [4.78, 5) is 4.03. The third-order valence-corrected chi connectivity index (χ3v) is 4.38. The van der Waals surface area contributed by atoms with Crippen molar-refractivity contribution in [3.05, 3.63) is 24.0 Å². The molecule has 1 saturated heterocycles.